The molecule has 0 saturated carbocycles. The van der Waals surface area contributed by atoms with Crippen LogP contribution in [0.3, 0.4) is 0 Å². The van der Waals surface area contributed by atoms with Gasteiger partial charge in [0.25, 0.3) is 0 Å². The minimum absolute atomic E-state index is 0.192. The highest BCUT2D eigenvalue weighted by Crippen LogP contribution is 2.21. The standard InChI is InChI=1S/C18H22O/c1-6-7-16(9-8-14(2)3)17-10-12-18(13-11-17)19-15(4)5/h6-13,15H,1-2H2,3-5H3/b9-8-,16-7+. The van der Waals surface area contributed by atoms with Crippen LogP contribution in [0.25, 0.3) is 5.57 Å². The molecule has 0 spiro atoms. The molecule has 0 amide bonds. The average Bonchev–Trinajstić information content (AvgIpc) is 2.34. The predicted octanol–water partition coefficient (Wildman–Crippen LogP) is 5.18. The smallest absolute Gasteiger partial charge is 0.119 e. The van der Waals surface area contributed by atoms with Crippen LogP contribution < -0.4 is 4.74 Å². The third-order valence-corrected chi connectivity index (χ3v) is 2.40. The van der Waals surface area contributed by atoms with Crippen molar-refractivity contribution in [3.05, 3.63) is 72.9 Å². The summed E-state index contributed by atoms with van der Waals surface area (Å²) in [4.78, 5) is 0. The number of ether oxygens (including phenoxy) is 1. The molecule has 0 radical (unpaired) electrons. The van der Waals surface area contributed by atoms with Gasteiger partial charge in [-0.2, -0.15) is 0 Å². The van der Waals surface area contributed by atoms with Gasteiger partial charge >= 0.3 is 0 Å². The molecule has 19 heavy (non-hydrogen) atoms. The van der Waals surface area contributed by atoms with E-state index in [1.165, 1.54) is 0 Å². The minimum Gasteiger partial charge on any atom is -0.491 e. The van der Waals surface area contributed by atoms with Crippen LogP contribution in [0, 0.1) is 0 Å². The maximum Gasteiger partial charge on any atom is 0.119 e. The number of allylic oxidation sites excluding steroid dienone is 6. The van der Waals surface area contributed by atoms with E-state index in [4.69, 9.17) is 4.74 Å². The first-order chi connectivity index (χ1) is 9.02. The highest BCUT2D eigenvalue weighted by molar-refractivity contribution is 5.75. The minimum atomic E-state index is 0.192. The van der Waals surface area contributed by atoms with Crippen molar-refractivity contribution in [2.75, 3.05) is 0 Å². The first kappa shape index (κ1) is 15.0. The lowest BCUT2D eigenvalue weighted by molar-refractivity contribution is 0.242. The SMILES string of the molecule is C=C/C=C(\C=C/C(=C)C)c1ccc(OC(C)C)cc1. The molecule has 0 aliphatic rings. The van der Waals surface area contributed by atoms with Crippen molar-refractivity contribution in [3.8, 4) is 5.75 Å². The summed E-state index contributed by atoms with van der Waals surface area (Å²) in [7, 11) is 0. The van der Waals surface area contributed by atoms with Crippen molar-refractivity contribution in [3.63, 3.8) is 0 Å². The van der Waals surface area contributed by atoms with Gasteiger partial charge in [0.05, 0.1) is 6.10 Å². The van der Waals surface area contributed by atoms with Gasteiger partial charge in [-0.3, -0.25) is 0 Å². The number of hydrogen-bond donors (Lipinski definition) is 0. The topological polar surface area (TPSA) is 9.23 Å². The normalized spacial score (nSPS) is 11.9. The third kappa shape index (κ3) is 5.43. The van der Waals surface area contributed by atoms with E-state index >= 15 is 0 Å². The fourth-order valence-electron chi connectivity index (χ4n) is 1.61. The fraction of sp³-hybridized carbons (Fsp3) is 0.222. The second-order valence-corrected chi connectivity index (χ2v) is 4.73. The molecule has 0 bridgehead atoms. The highest BCUT2D eigenvalue weighted by Gasteiger charge is 2.00. The van der Waals surface area contributed by atoms with Crippen LogP contribution in [-0.2, 0) is 0 Å². The van der Waals surface area contributed by atoms with Crippen molar-refractivity contribution in [1.29, 1.82) is 0 Å². The molecular weight excluding hydrogens is 232 g/mol. The van der Waals surface area contributed by atoms with Gasteiger partial charge < -0.3 is 4.74 Å². The third-order valence-electron chi connectivity index (χ3n) is 2.40. The molecular formula is C18H22O. The summed E-state index contributed by atoms with van der Waals surface area (Å²) in [6.45, 7) is 13.6. The Morgan fingerprint density at radius 1 is 1.16 bits per heavy atom. The number of rotatable bonds is 6. The van der Waals surface area contributed by atoms with Crippen LogP contribution in [0.1, 0.15) is 26.3 Å². The summed E-state index contributed by atoms with van der Waals surface area (Å²) >= 11 is 0. The predicted molar refractivity (Wildman–Crippen MR) is 84.3 cm³/mol. The lowest BCUT2D eigenvalue weighted by atomic mass is 10.0. The lowest BCUT2D eigenvalue weighted by Crippen LogP contribution is -2.05. The van der Waals surface area contributed by atoms with Gasteiger partial charge in [-0.05, 0) is 44.0 Å². The molecule has 1 heteroatoms. The molecule has 0 fully saturated rings. The van der Waals surface area contributed by atoms with E-state index in [0.29, 0.717) is 0 Å². The number of hydrogen-bond acceptors (Lipinski definition) is 1. The van der Waals surface area contributed by atoms with E-state index in [1.54, 1.807) is 6.08 Å². The van der Waals surface area contributed by atoms with Gasteiger partial charge in [-0.15, -0.1) is 0 Å². The van der Waals surface area contributed by atoms with Gasteiger partial charge in [-0.25, -0.2) is 0 Å². The quantitative estimate of drug-likeness (QED) is 0.636. The molecule has 0 heterocycles. The van der Waals surface area contributed by atoms with E-state index in [1.807, 2.05) is 51.1 Å². The van der Waals surface area contributed by atoms with Crippen molar-refractivity contribution in [2.24, 2.45) is 0 Å². The molecule has 0 unspecified atom stereocenters. The fourth-order valence-corrected chi connectivity index (χ4v) is 1.61. The first-order valence-electron chi connectivity index (χ1n) is 6.46. The van der Waals surface area contributed by atoms with Crippen molar-refractivity contribution < 1.29 is 4.74 Å². The van der Waals surface area contributed by atoms with Crippen molar-refractivity contribution in [1.82, 2.24) is 0 Å². The summed E-state index contributed by atoms with van der Waals surface area (Å²) in [5.74, 6) is 0.889. The van der Waals surface area contributed by atoms with Crippen LogP contribution in [-0.4, -0.2) is 6.10 Å². The molecule has 100 valence electrons. The molecule has 1 rings (SSSR count). The van der Waals surface area contributed by atoms with E-state index in [2.05, 4.69) is 25.3 Å². The molecule has 0 N–H and O–H groups in total. The van der Waals surface area contributed by atoms with Gasteiger partial charge in [0.2, 0.25) is 0 Å². The van der Waals surface area contributed by atoms with Crippen LogP contribution >= 0.6 is 0 Å². The van der Waals surface area contributed by atoms with Crippen LogP contribution in [0.4, 0.5) is 0 Å². The maximum atomic E-state index is 5.64. The molecule has 1 aromatic rings. The number of benzene rings is 1. The van der Waals surface area contributed by atoms with E-state index in [0.717, 1.165) is 22.5 Å². The molecule has 0 aliphatic carbocycles. The summed E-state index contributed by atoms with van der Waals surface area (Å²) in [6, 6.07) is 8.08. The Hall–Kier alpha value is -2.02. The van der Waals surface area contributed by atoms with E-state index in [9.17, 15) is 0 Å². The Morgan fingerprint density at radius 3 is 2.26 bits per heavy atom. The summed E-state index contributed by atoms with van der Waals surface area (Å²) in [5.41, 5.74) is 3.26. The maximum absolute atomic E-state index is 5.64. The summed E-state index contributed by atoms with van der Waals surface area (Å²) in [6.07, 6.45) is 8.00. The zero-order valence-corrected chi connectivity index (χ0v) is 12.0. The Morgan fingerprint density at radius 2 is 1.79 bits per heavy atom. The second kappa shape index (κ2) is 7.42. The monoisotopic (exact) mass is 254 g/mol. The Kier molecular flexibility index (Phi) is 5.87. The molecule has 0 saturated heterocycles. The van der Waals surface area contributed by atoms with Crippen LogP contribution in [0.5, 0.6) is 5.75 Å². The van der Waals surface area contributed by atoms with Crippen LogP contribution in [0.2, 0.25) is 0 Å². The zero-order valence-electron chi connectivity index (χ0n) is 12.0. The highest BCUT2D eigenvalue weighted by atomic mass is 16.5. The van der Waals surface area contributed by atoms with Crippen LogP contribution in [0.15, 0.2) is 67.3 Å². The molecule has 0 aliphatic heterocycles. The Labute approximate surface area is 116 Å². The second-order valence-electron chi connectivity index (χ2n) is 4.73. The van der Waals surface area contributed by atoms with E-state index < -0.39 is 0 Å². The molecule has 1 nitrogen and oxygen atoms in total. The molecule has 1 aromatic carbocycles. The summed E-state index contributed by atoms with van der Waals surface area (Å²) < 4.78 is 5.64. The first-order valence-corrected chi connectivity index (χ1v) is 6.46. The Balaban J connectivity index is 2.95. The lowest BCUT2D eigenvalue weighted by Gasteiger charge is -2.10. The largest absolute Gasteiger partial charge is 0.491 e. The van der Waals surface area contributed by atoms with Gasteiger partial charge in [0, 0.05) is 0 Å². The van der Waals surface area contributed by atoms with Gasteiger partial charge in [0.15, 0.2) is 0 Å². The van der Waals surface area contributed by atoms with Gasteiger partial charge in [0.1, 0.15) is 5.75 Å². The van der Waals surface area contributed by atoms with Crippen molar-refractivity contribution >= 4 is 5.57 Å². The zero-order chi connectivity index (χ0) is 14.3. The molecule has 0 aromatic heterocycles. The average molecular weight is 254 g/mol. The Bertz CT molecular complexity index is 487. The van der Waals surface area contributed by atoms with Crippen molar-refractivity contribution in [2.45, 2.75) is 26.9 Å². The molecule has 0 atom stereocenters. The van der Waals surface area contributed by atoms with Gasteiger partial charge in [-0.1, -0.05) is 55.2 Å². The summed E-state index contributed by atoms with van der Waals surface area (Å²) in [5, 5.41) is 0. The van der Waals surface area contributed by atoms with E-state index in [-0.39, 0.29) is 6.10 Å².